The SMILES string of the molecule is C[CH]CCCC(C)CC/C=C/C. The molecule has 0 N–H and O–H groups in total. The van der Waals surface area contributed by atoms with Crippen LogP contribution in [0.3, 0.4) is 0 Å². The van der Waals surface area contributed by atoms with Crippen LogP contribution in [-0.2, 0) is 0 Å². The summed E-state index contributed by atoms with van der Waals surface area (Å²) in [6.07, 6.45) is 13.3. The molecule has 0 spiro atoms. The van der Waals surface area contributed by atoms with Crippen LogP contribution in [0.15, 0.2) is 12.2 Å². The molecule has 0 aliphatic rings. The summed E-state index contributed by atoms with van der Waals surface area (Å²) in [5.41, 5.74) is 0. The topological polar surface area (TPSA) is 0 Å². The van der Waals surface area contributed by atoms with Gasteiger partial charge in [0.05, 0.1) is 0 Å². The summed E-state index contributed by atoms with van der Waals surface area (Å²) >= 11 is 0. The highest BCUT2D eigenvalue weighted by Gasteiger charge is 1.99. The van der Waals surface area contributed by atoms with Crippen LogP contribution in [0.25, 0.3) is 0 Å². The molecule has 0 nitrogen and oxygen atoms in total. The summed E-state index contributed by atoms with van der Waals surface area (Å²) in [5, 5.41) is 0. The average Bonchev–Trinajstić information content (AvgIpc) is 2.06. The molecule has 0 saturated heterocycles. The maximum absolute atomic E-state index is 2.36. The molecule has 0 heterocycles. The monoisotopic (exact) mass is 167 g/mol. The molecule has 0 aliphatic heterocycles. The van der Waals surface area contributed by atoms with E-state index in [0.717, 1.165) is 5.92 Å². The van der Waals surface area contributed by atoms with Gasteiger partial charge in [0, 0.05) is 0 Å². The van der Waals surface area contributed by atoms with Crippen LogP contribution in [0.2, 0.25) is 0 Å². The molecule has 0 bridgehead atoms. The van der Waals surface area contributed by atoms with Gasteiger partial charge in [0.2, 0.25) is 0 Å². The Bertz CT molecular complexity index is 103. The molecule has 0 saturated carbocycles. The van der Waals surface area contributed by atoms with Gasteiger partial charge in [0.25, 0.3) is 0 Å². The maximum atomic E-state index is 2.36. The van der Waals surface area contributed by atoms with Gasteiger partial charge in [-0.3, -0.25) is 0 Å². The summed E-state index contributed by atoms with van der Waals surface area (Å²) in [4.78, 5) is 0. The quantitative estimate of drug-likeness (QED) is 0.390. The molecule has 0 aromatic carbocycles. The molecule has 0 aromatic rings. The summed E-state index contributed by atoms with van der Waals surface area (Å²) in [7, 11) is 0. The van der Waals surface area contributed by atoms with Crippen molar-refractivity contribution in [3.63, 3.8) is 0 Å². The number of hydrogen-bond acceptors (Lipinski definition) is 0. The molecule has 0 aliphatic carbocycles. The van der Waals surface area contributed by atoms with E-state index in [4.69, 9.17) is 0 Å². The first-order valence-corrected chi connectivity index (χ1v) is 5.20. The van der Waals surface area contributed by atoms with Gasteiger partial charge in [-0.25, -0.2) is 0 Å². The molecule has 0 aromatic heterocycles. The Hall–Kier alpha value is -0.260. The number of hydrogen-bond donors (Lipinski definition) is 0. The highest BCUT2D eigenvalue weighted by molar-refractivity contribution is 4.77. The van der Waals surface area contributed by atoms with E-state index in [0.29, 0.717) is 0 Å². The highest BCUT2D eigenvalue weighted by atomic mass is 14.0. The van der Waals surface area contributed by atoms with Gasteiger partial charge in [0.15, 0.2) is 0 Å². The average molecular weight is 167 g/mol. The summed E-state index contributed by atoms with van der Waals surface area (Å²) < 4.78 is 0. The van der Waals surface area contributed by atoms with E-state index in [-0.39, 0.29) is 0 Å². The van der Waals surface area contributed by atoms with Crippen molar-refractivity contribution in [3.05, 3.63) is 18.6 Å². The van der Waals surface area contributed by atoms with Crippen molar-refractivity contribution >= 4 is 0 Å². The van der Waals surface area contributed by atoms with Crippen LogP contribution >= 0.6 is 0 Å². The Morgan fingerprint density at radius 3 is 2.42 bits per heavy atom. The Labute approximate surface area is 78.1 Å². The summed E-state index contributed by atoms with van der Waals surface area (Å²) in [5.74, 6) is 0.904. The zero-order valence-corrected chi connectivity index (χ0v) is 8.84. The smallest absolute Gasteiger partial charge is 0.0348 e. The molecular weight excluding hydrogens is 144 g/mol. The molecule has 71 valence electrons. The van der Waals surface area contributed by atoms with Gasteiger partial charge in [0.1, 0.15) is 0 Å². The van der Waals surface area contributed by atoms with Gasteiger partial charge in [-0.15, -0.1) is 0 Å². The van der Waals surface area contributed by atoms with Gasteiger partial charge in [-0.05, 0) is 32.1 Å². The van der Waals surface area contributed by atoms with Crippen molar-refractivity contribution in [2.24, 2.45) is 5.92 Å². The standard InChI is InChI=1S/C12H23/c1-4-6-8-10-12(3)11-9-7-5-2/h4-6,12H,7-11H2,1-3H3/b6-4+. The van der Waals surface area contributed by atoms with E-state index in [1.807, 2.05) is 0 Å². The Morgan fingerprint density at radius 1 is 1.08 bits per heavy atom. The normalized spacial score (nSPS) is 13.9. The van der Waals surface area contributed by atoms with E-state index in [1.54, 1.807) is 0 Å². The molecule has 0 rings (SSSR count). The minimum Gasteiger partial charge on any atom is -0.0917 e. The second kappa shape index (κ2) is 8.83. The lowest BCUT2D eigenvalue weighted by atomic mass is 9.98. The number of rotatable bonds is 7. The van der Waals surface area contributed by atoms with Gasteiger partial charge in [-0.2, -0.15) is 0 Å². The lowest BCUT2D eigenvalue weighted by Gasteiger charge is -2.08. The van der Waals surface area contributed by atoms with Crippen molar-refractivity contribution in [3.8, 4) is 0 Å². The fourth-order valence-corrected chi connectivity index (χ4v) is 1.36. The minimum absolute atomic E-state index is 0.904. The van der Waals surface area contributed by atoms with Crippen LogP contribution in [0.1, 0.15) is 52.9 Å². The van der Waals surface area contributed by atoms with E-state index in [9.17, 15) is 0 Å². The lowest BCUT2D eigenvalue weighted by molar-refractivity contribution is 0.478. The molecule has 0 heteroatoms. The van der Waals surface area contributed by atoms with Crippen molar-refractivity contribution in [1.29, 1.82) is 0 Å². The molecule has 0 amide bonds. The molecular formula is C12H23. The van der Waals surface area contributed by atoms with Gasteiger partial charge >= 0.3 is 0 Å². The van der Waals surface area contributed by atoms with Crippen LogP contribution in [0, 0.1) is 12.3 Å². The first kappa shape index (κ1) is 11.7. The van der Waals surface area contributed by atoms with E-state index < -0.39 is 0 Å². The molecule has 0 fully saturated rings. The van der Waals surface area contributed by atoms with Crippen LogP contribution < -0.4 is 0 Å². The Balaban J connectivity index is 3.15. The highest BCUT2D eigenvalue weighted by Crippen LogP contribution is 2.14. The third-order valence-corrected chi connectivity index (χ3v) is 2.25. The second-order valence-corrected chi connectivity index (χ2v) is 3.59. The van der Waals surface area contributed by atoms with Crippen molar-refractivity contribution < 1.29 is 0 Å². The third-order valence-electron chi connectivity index (χ3n) is 2.25. The van der Waals surface area contributed by atoms with Crippen LogP contribution in [0.4, 0.5) is 0 Å². The van der Waals surface area contributed by atoms with E-state index in [1.165, 1.54) is 32.1 Å². The maximum Gasteiger partial charge on any atom is -0.0348 e. The van der Waals surface area contributed by atoms with Crippen LogP contribution in [0.5, 0.6) is 0 Å². The Morgan fingerprint density at radius 2 is 1.83 bits per heavy atom. The minimum atomic E-state index is 0.904. The third kappa shape index (κ3) is 7.84. The zero-order valence-electron chi connectivity index (χ0n) is 8.84. The predicted octanol–water partition coefficient (Wildman–Crippen LogP) is 4.37. The zero-order chi connectivity index (χ0) is 9.23. The molecule has 1 radical (unpaired) electrons. The summed E-state index contributed by atoms with van der Waals surface area (Å²) in [6, 6.07) is 0. The second-order valence-electron chi connectivity index (χ2n) is 3.59. The van der Waals surface area contributed by atoms with E-state index in [2.05, 4.69) is 39.3 Å². The van der Waals surface area contributed by atoms with Crippen LogP contribution in [-0.4, -0.2) is 0 Å². The fraction of sp³-hybridized carbons (Fsp3) is 0.750. The largest absolute Gasteiger partial charge is 0.0917 e. The number of allylic oxidation sites excluding steroid dienone is 2. The van der Waals surface area contributed by atoms with E-state index >= 15 is 0 Å². The lowest BCUT2D eigenvalue weighted by Crippen LogP contribution is -1.93. The van der Waals surface area contributed by atoms with Crippen molar-refractivity contribution in [2.75, 3.05) is 0 Å². The fourth-order valence-electron chi connectivity index (χ4n) is 1.36. The molecule has 1 atom stereocenters. The Kier molecular flexibility index (Phi) is 8.64. The molecule has 12 heavy (non-hydrogen) atoms. The van der Waals surface area contributed by atoms with Gasteiger partial charge in [-0.1, -0.05) is 45.3 Å². The van der Waals surface area contributed by atoms with Crippen molar-refractivity contribution in [2.45, 2.75) is 52.9 Å². The number of unbranched alkanes of at least 4 members (excludes halogenated alkanes) is 2. The first-order chi connectivity index (χ1) is 5.81. The first-order valence-electron chi connectivity index (χ1n) is 5.20. The molecule has 1 unspecified atom stereocenters. The van der Waals surface area contributed by atoms with Gasteiger partial charge < -0.3 is 0 Å². The summed E-state index contributed by atoms with van der Waals surface area (Å²) in [6.45, 7) is 6.60. The van der Waals surface area contributed by atoms with Crippen molar-refractivity contribution in [1.82, 2.24) is 0 Å². The predicted molar refractivity (Wildman–Crippen MR) is 57.0 cm³/mol.